The monoisotopic (exact) mass is 388 g/mol. The van der Waals surface area contributed by atoms with E-state index in [0.29, 0.717) is 10.6 Å². The number of benzene rings is 3. The van der Waals surface area contributed by atoms with Gasteiger partial charge < -0.3 is 9.64 Å². The van der Waals surface area contributed by atoms with Gasteiger partial charge in [-0.3, -0.25) is 0 Å². The average molecular weight is 389 g/mol. The maximum absolute atomic E-state index is 9.44. The van der Waals surface area contributed by atoms with Gasteiger partial charge in [0.05, 0.1) is 11.6 Å². The molecule has 28 heavy (non-hydrogen) atoms. The number of halogens is 1. The molecule has 0 bridgehead atoms. The molecule has 140 valence electrons. The highest BCUT2D eigenvalue weighted by molar-refractivity contribution is 6.30. The van der Waals surface area contributed by atoms with Crippen molar-refractivity contribution >= 4 is 11.6 Å². The van der Waals surface area contributed by atoms with Crippen LogP contribution in [0.15, 0.2) is 66.7 Å². The highest BCUT2D eigenvalue weighted by Gasteiger charge is 2.23. The van der Waals surface area contributed by atoms with Crippen LogP contribution < -0.4 is 4.74 Å². The molecule has 4 rings (SSSR count). The molecule has 1 unspecified atom stereocenters. The van der Waals surface area contributed by atoms with Crippen molar-refractivity contribution in [1.29, 1.82) is 5.26 Å². The number of rotatable bonds is 3. The lowest BCUT2D eigenvalue weighted by atomic mass is 9.94. The van der Waals surface area contributed by atoms with Crippen molar-refractivity contribution in [2.24, 2.45) is 0 Å². The molecule has 0 saturated heterocycles. The lowest BCUT2D eigenvalue weighted by molar-refractivity contribution is 0.182. The van der Waals surface area contributed by atoms with Gasteiger partial charge in [0.2, 0.25) is 0 Å². The topological polar surface area (TPSA) is 36.3 Å². The van der Waals surface area contributed by atoms with E-state index in [1.165, 1.54) is 11.1 Å². The Morgan fingerprint density at radius 3 is 2.75 bits per heavy atom. The molecule has 3 aromatic rings. The Hall–Kier alpha value is -2.80. The van der Waals surface area contributed by atoms with Crippen molar-refractivity contribution in [1.82, 2.24) is 4.90 Å². The first kappa shape index (κ1) is 18.6. The van der Waals surface area contributed by atoms with Crippen molar-refractivity contribution in [2.45, 2.75) is 19.1 Å². The second-order valence-electron chi connectivity index (χ2n) is 7.16. The second-order valence-corrected chi connectivity index (χ2v) is 7.60. The molecule has 0 radical (unpaired) electrons. The fourth-order valence-electron chi connectivity index (χ4n) is 3.75. The maximum Gasteiger partial charge on any atom is 0.125 e. The first-order chi connectivity index (χ1) is 13.6. The zero-order valence-electron chi connectivity index (χ0n) is 15.7. The van der Waals surface area contributed by atoms with Crippen LogP contribution in [0.3, 0.4) is 0 Å². The minimum absolute atomic E-state index is 0.0290. The van der Waals surface area contributed by atoms with Crippen LogP contribution in [0.25, 0.3) is 11.1 Å². The Bertz CT molecular complexity index is 1040. The summed E-state index contributed by atoms with van der Waals surface area (Å²) < 4.78 is 6.32. The maximum atomic E-state index is 9.44. The van der Waals surface area contributed by atoms with Crippen LogP contribution in [0.5, 0.6) is 5.75 Å². The van der Waals surface area contributed by atoms with E-state index in [0.717, 1.165) is 36.4 Å². The molecule has 0 aromatic heterocycles. The molecular weight excluding hydrogens is 368 g/mol. The standard InChI is InChI=1S/C24H21ClN2O/c1-27-12-11-24(28-21-7-4-6-20(25)14-21)23-10-9-17(13-19(23)16-27)22-8-3-2-5-18(22)15-26/h2-10,13-14,24H,11-12,16H2,1H3. The van der Waals surface area contributed by atoms with Crippen molar-refractivity contribution in [3.63, 3.8) is 0 Å². The van der Waals surface area contributed by atoms with Crippen molar-refractivity contribution in [3.05, 3.63) is 88.4 Å². The number of nitrogens with zero attached hydrogens (tertiary/aromatic N) is 2. The predicted octanol–water partition coefficient (Wildman–Crippen LogP) is 5.83. The van der Waals surface area contributed by atoms with E-state index in [1.54, 1.807) is 0 Å². The molecule has 1 atom stereocenters. The molecule has 3 aromatic carbocycles. The highest BCUT2D eigenvalue weighted by Crippen LogP contribution is 2.34. The van der Waals surface area contributed by atoms with Crippen LogP contribution >= 0.6 is 11.6 Å². The third kappa shape index (κ3) is 3.89. The van der Waals surface area contributed by atoms with Gasteiger partial charge in [-0.25, -0.2) is 0 Å². The molecule has 0 aliphatic carbocycles. The summed E-state index contributed by atoms with van der Waals surface area (Å²) >= 11 is 6.12. The molecule has 0 spiro atoms. The van der Waals surface area contributed by atoms with Crippen LogP contribution in [0.2, 0.25) is 5.02 Å². The zero-order chi connectivity index (χ0) is 19.5. The molecule has 0 fully saturated rings. The van der Waals surface area contributed by atoms with Crippen LogP contribution in [0, 0.1) is 11.3 Å². The van der Waals surface area contributed by atoms with Crippen molar-refractivity contribution in [2.75, 3.05) is 13.6 Å². The molecule has 0 saturated carbocycles. The Morgan fingerprint density at radius 1 is 1.07 bits per heavy atom. The quantitative estimate of drug-likeness (QED) is 0.566. The third-order valence-electron chi connectivity index (χ3n) is 5.14. The van der Waals surface area contributed by atoms with Gasteiger partial charge in [0.15, 0.2) is 0 Å². The number of hydrogen-bond acceptors (Lipinski definition) is 3. The minimum Gasteiger partial charge on any atom is -0.486 e. The van der Waals surface area contributed by atoms with Gasteiger partial charge in [0, 0.05) is 24.5 Å². The number of fused-ring (bicyclic) bond motifs is 1. The van der Waals surface area contributed by atoms with Gasteiger partial charge in [-0.2, -0.15) is 5.26 Å². The van der Waals surface area contributed by atoms with Crippen LogP contribution in [-0.4, -0.2) is 18.5 Å². The van der Waals surface area contributed by atoms with Gasteiger partial charge in [0.1, 0.15) is 11.9 Å². The first-order valence-electron chi connectivity index (χ1n) is 9.37. The minimum atomic E-state index is -0.0290. The van der Waals surface area contributed by atoms with E-state index >= 15 is 0 Å². The third-order valence-corrected chi connectivity index (χ3v) is 5.37. The molecule has 4 heteroatoms. The summed E-state index contributed by atoms with van der Waals surface area (Å²) in [5.74, 6) is 0.784. The van der Waals surface area contributed by atoms with E-state index in [-0.39, 0.29) is 6.10 Å². The summed E-state index contributed by atoms with van der Waals surface area (Å²) in [5.41, 5.74) is 5.15. The Morgan fingerprint density at radius 2 is 1.93 bits per heavy atom. The lowest BCUT2D eigenvalue weighted by Crippen LogP contribution is -2.18. The van der Waals surface area contributed by atoms with E-state index in [4.69, 9.17) is 16.3 Å². The van der Waals surface area contributed by atoms with Gasteiger partial charge in [-0.05, 0) is 59.6 Å². The number of ether oxygens (including phenoxy) is 1. The number of hydrogen-bond donors (Lipinski definition) is 0. The Labute approximate surface area is 170 Å². The van der Waals surface area contributed by atoms with E-state index in [9.17, 15) is 5.26 Å². The van der Waals surface area contributed by atoms with Gasteiger partial charge >= 0.3 is 0 Å². The molecule has 3 nitrogen and oxygen atoms in total. The first-order valence-corrected chi connectivity index (χ1v) is 9.75. The summed E-state index contributed by atoms with van der Waals surface area (Å²) in [6.45, 7) is 1.80. The SMILES string of the molecule is CN1CCC(Oc2cccc(Cl)c2)c2ccc(-c3ccccc3C#N)cc2C1. The summed E-state index contributed by atoms with van der Waals surface area (Å²) in [6.07, 6.45) is 0.878. The molecule has 1 heterocycles. The fraction of sp³-hybridized carbons (Fsp3) is 0.208. The van der Waals surface area contributed by atoms with Gasteiger partial charge in [-0.15, -0.1) is 0 Å². The number of nitriles is 1. The molecule has 1 aliphatic rings. The highest BCUT2D eigenvalue weighted by atomic mass is 35.5. The van der Waals surface area contributed by atoms with Gasteiger partial charge in [-0.1, -0.05) is 48.0 Å². The van der Waals surface area contributed by atoms with Crippen LogP contribution in [0.1, 0.15) is 29.2 Å². The smallest absolute Gasteiger partial charge is 0.125 e. The molecule has 1 aliphatic heterocycles. The molecular formula is C24H21ClN2O. The lowest BCUT2D eigenvalue weighted by Gasteiger charge is -2.20. The predicted molar refractivity (Wildman–Crippen MR) is 112 cm³/mol. The van der Waals surface area contributed by atoms with Crippen molar-refractivity contribution < 1.29 is 4.74 Å². The zero-order valence-corrected chi connectivity index (χ0v) is 16.5. The molecule has 0 N–H and O–H groups in total. The van der Waals surface area contributed by atoms with E-state index in [2.05, 4.69) is 36.2 Å². The normalized spacial score (nSPS) is 16.7. The summed E-state index contributed by atoms with van der Waals surface area (Å²) in [6, 6.07) is 24.0. The largest absolute Gasteiger partial charge is 0.486 e. The second kappa shape index (κ2) is 8.06. The molecule has 0 amide bonds. The summed E-state index contributed by atoms with van der Waals surface area (Å²) in [7, 11) is 2.13. The van der Waals surface area contributed by atoms with Gasteiger partial charge in [0.25, 0.3) is 0 Å². The Kier molecular flexibility index (Phi) is 5.34. The van der Waals surface area contributed by atoms with E-state index in [1.807, 2.05) is 48.5 Å². The van der Waals surface area contributed by atoms with E-state index < -0.39 is 0 Å². The van der Waals surface area contributed by atoms with Crippen molar-refractivity contribution in [3.8, 4) is 22.9 Å². The average Bonchev–Trinajstić information content (AvgIpc) is 2.86. The van der Waals surface area contributed by atoms with Crippen LogP contribution in [-0.2, 0) is 6.54 Å². The fourth-order valence-corrected chi connectivity index (χ4v) is 3.93. The Balaban J connectivity index is 1.72. The van der Waals surface area contributed by atoms with Crippen LogP contribution in [0.4, 0.5) is 0 Å². The summed E-state index contributed by atoms with van der Waals surface area (Å²) in [5, 5.41) is 10.1. The summed E-state index contributed by atoms with van der Waals surface area (Å²) in [4.78, 5) is 2.31.